The molecule has 1 aromatic carbocycles. The van der Waals surface area contributed by atoms with E-state index in [2.05, 4.69) is 6.07 Å². The molecule has 0 atom stereocenters. The van der Waals surface area contributed by atoms with Crippen molar-refractivity contribution in [2.45, 2.75) is 26.7 Å². The number of fused-ring (bicyclic) bond motifs is 1. The zero-order valence-corrected chi connectivity index (χ0v) is 10.8. The summed E-state index contributed by atoms with van der Waals surface area (Å²) >= 11 is 0. The second-order valence-electron chi connectivity index (χ2n) is 4.53. The number of benzene rings is 1. The van der Waals surface area contributed by atoms with Crippen molar-refractivity contribution in [1.82, 2.24) is 0 Å². The van der Waals surface area contributed by atoms with Gasteiger partial charge < -0.3 is 9.84 Å². The number of aliphatic carboxylic acids is 1. The summed E-state index contributed by atoms with van der Waals surface area (Å²) in [4.78, 5) is 11.3. The van der Waals surface area contributed by atoms with E-state index in [1.807, 2.05) is 26.0 Å². The van der Waals surface area contributed by atoms with Gasteiger partial charge in [-0.15, -0.1) is 0 Å². The molecular weight excluding hydrogens is 228 g/mol. The third-order valence-corrected chi connectivity index (χ3v) is 3.40. The Balaban J connectivity index is 2.67. The highest BCUT2D eigenvalue weighted by atomic mass is 16.5. The molecule has 0 amide bonds. The Morgan fingerprint density at radius 3 is 2.89 bits per heavy atom. The van der Waals surface area contributed by atoms with Crippen LogP contribution in [0.4, 0.5) is 0 Å². The number of hydrogen-bond acceptors (Lipinski definition) is 2. The van der Waals surface area contributed by atoms with Crippen molar-refractivity contribution >= 4 is 11.5 Å². The first-order valence-corrected chi connectivity index (χ1v) is 6.27. The van der Waals surface area contributed by atoms with Crippen LogP contribution in [0.1, 0.15) is 30.0 Å². The molecule has 2 rings (SSSR count). The monoisotopic (exact) mass is 246 g/mol. The van der Waals surface area contributed by atoms with E-state index in [9.17, 15) is 9.90 Å². The van der Waals surface area contributed by atoms with E-state index < -0.39 is 5.97 Å². The maximum Gasteiger partial charge on any atom is 0.331 e. The van der Waals surface area contributed by atoms with Gasteiger partial charge in [0.15, 0.2) is 0 Å². The van der Waals surface area contributed by atoms with Gasteiger partial charge in [0, 0.05) is 5.57 Å². The van der Waals surface area contributed by atoms with Crippen molar-refractivity contribution in [2.24, 2.45) is 0 Å². The molecule has 96 valence electrons. The minimum Gasteiger partial charge on any atom is -0.478 e. The largest absolute Gasteiger partial charge is 0.478 e. The minimum absolute atomic E-state index is 0.396. The molecule has 18 heavy (non-hydrogen) atoms. The maximum atomic E-state index is 11.3. The van der Waals surface area contributed by atoms with Crippen LogP contribution in [-0.2, 0) is 16.0 Å². The van der Waals surface area contributed by atoms with Crippen LogP contribution in [0.15, 0.2) is 23.8 Å². The second kappa shape index (κ2) is 5.36. The molecule has 1 N–H and O–H groups in total. The van der Waals surface area contributed by atoms with Gasteiger partial charge in [-0.2, -0.15) is 0 Å². The molecule has 3 nitrogen and oxygen atoms in total. The molecule has 1 aliphatic heterocycles. The van der Waals surface area contributed by atoms with Gasteiger partial charge in [0.25, 0.3) is 0 Å². The molecule has 1 heterocycles. The first kappa shape index (κ1) is 12.8. The van der Waals surface area contributed by atoms with Crippen molar-refractivity contribution < 1.29 is 14.6 Å². The van der Waals surface area contributed by atoms with Crippen LogP contribution in [0.3, 0.4) is 0 Å². The fourth-order valence-electron chi connectivity index (χ4n) is 2.53. The second-order valence-corrected chi connectivity index (χ2v) is 4.53. The molecule has 0 unspecified atom stereocenters. The highest BCUT2D eigenvalue weighted by molar-refractivity contribution is 5.97. The van der Waals surface area contributed by atoms with Crippen molar-refractivity contribution in [3.05, 3.63) is 40.5 Å². The van der Waals surface area contributed by atoms with E-state index in [0.717, 1.165) is 23.1 Å². The Morgan fingerprint density at radius 1 is 1.44 bits per heavy atom. The number of rotatable bonds is 2. The summed E-state index contributed by atoms with van der Waals surface area (Å²) in [5.74, 6) is -0.841. The quantitative estimate of drug-likeness (QED) is 0.816. The number of ether oxygens (including phenoxy) is 1. The third kappa shape index (κ3) is 2.31. The Morgan fingerprint density at radius 2 is 2.22 bits per heavy atom. The predicted octanol–water partition coefficient (Wildman–Crippen LogP) is 2.82. The molecule has 1 aromatic rings. The summed E-state index contributed by atoms with van der Waals surface area (Å²) in [7, 11) is 0. The van der Waals surface area contributed by atoms with Crippen LogP contribution in [0.5, 0.6) is 0 Å². The summed E-state index contributed by atoms with van der Waals surface area (Å²) in [6.45, 7) is 4.95. The van der Waals surface area contributed by atoms with Crippen LogP contribution in [0.25, 0.3) is 5.57 Å². The predicted molar refractivity (Wildman–Crippen MR) is 70.5 cm³/mol. The Kier molecular flexibility index (Phi) is 3.82. The molecule has 0 bridgehead atoms. The van der Waals surface area contributed by atoms with E-state index >= 15 is 0 Å². The molecule has 0 aliphatic carbocycles. The summed E-state index contributed by atoms with van der Waals surface area (Å²) in [5, 5.41) is 9.32. The summed E-state index contributed by atoms with van der Waals surface area (Å²) < 4.78 is 5.56. The van der Waals surface area contributed by atoms with E-state index in [-0.39, 0.29) is 0 Å². The van der Waals surface area contributed by atoms with Crippen LogP contribution in [0.2, 0.25) is 0 Å². The van der Waals surface area contributed by atoms with Crippen molar-refractivity contribution in [3.8, 4) is 0 Å². The highest BCUT2D eigenvalue weighted by Crippen LogP contribution is 2.30. The first-order chi connectivity index (χ1) is 8.65. The van der Waals surface area contributed by atoms with E-state index in [1.165, 1.54) is 5.56 Å². The SMILES string of the molecule is CCC(C(=O)O)=C1COCCc2cccc(C)c21. The van der Waals surface area contributed by atoms with Gasteiger partial charge in [0.05, 0.1) is 13.2 Å². The van der Waals surface area contributed by atoms with Gasteiger partial charge in [-0.05, 0) is 42.0 Å². The lowest BCUT2D eigenvalue weighted by Gasteiger charge is -2.14. The molecule has 0 saturated heterocycles. The summed E-state index contributed by atoms with van der Waals surface area (Å²) in [6, 6.07) is 6.11. The van der Waals surface area contributed by atoms with Gasteiger partial charge in [-0.3, -0.25) is 0 Å². The lowest BCUT2D eigenvalue weighted by Crippen LogP contribution is -2.08. The van der Waals surface area contributed by atoms with Gasteiger partial charge in [0.2, 0.25) is 0 Å². The van der Waals surface area contributed by atoms with Crippen LogP contribution < -0.4 is 0 Å². The van der Waals surface area contributed by atoms with Gasteiger partial charge in [-0.25, -0.2) is 4.79 Å². The van der Waals surface area contributed by atoms with E-state index in [0.29, 0.717) is 25.2 Å². The normalized spacial score (nSPS) is 17.9. The van der Waals surface area contributed by atoms with Crippen LogP contribution in [0, 0.1) is 6.92 Å². The molecule has 0 spiro atoms. The van der Waals surface area contributed by atoms with Gasteiger partial charge >= 0.3 is 5.97 Å². The molecule has 0 aromatic heterocycles. The molecule has 0 saturated carbocycles. The van der Waals surface area contributed by atoms with Crippen molar-refractivity contribution in [1.29, 1.82) is 0 Å². The fraction of sp³-hybridized carbons (Fsp3) is 0.400. The fourth-order valence-corrected chi connectivity index (χ4v) is 2.53. The standard InChI is InChI=1S/C15H18O3/c1-3-12(15(16)17)13-9-18-8-7-11-6-4-5-10(2)14(11)13/h4-6H,3,7-9H2,1-2H3,(H,16,17). The van der Waals surface area contributed by atoms with Crippen molar-refractivity contribution in [2.75, 3.05) is 13.2 Å². The number of carbonyl (C=O) groups is 1. The number of carboxylic acid groups (broad SMARTS) is 1. The first-order valence-electron chi connectivity index (χ1n) is 6.27. The summed E-state index contributed by atoms with van der Waals surface area (Å²) in [5.41, 5.74) is 4.70. The number of aryl methyl sites for hydroxylation is 1. The Hall–Kier alpha value is -1.61. The third-order valence-electron chi connectivity index (χ3n) is 3.40. The lowest BCUT2D eigenvalue weighted by molar-refractivity contribution is -0.132. The average molecular weight is 246 g/mol. The van der Waals surface area contributed by atoms with Gasteiger partial charge in [-0.1, -0.05) is 25.1 Å². The Labute approximate surface area is 107 Å². The van der Waals surface area contributed by atoms with Crippen LogP contribution >= 0.6 is 0 Å². The smallest absolute Gasteiger partial charge is 0.331 e. The number of carboxylic acids is 1. The maximum absolute atomic E-state index is 11.3. The van der Waals surface area contributed by atoms with Crippen molar-refractivity contribution in [3.63, 3.8) is 0 Å². The van der Waals surface area contributed by atoms with E-state index in [1.54, 1.807) is 0 Å². The minimum atomic E-state index is -0.841. The topological polar surface area (TPSA) is 46.5 Å². The zero-order chi connectivity index (χ0) is 13.1. The molecule has 3 heteroatoms. The zero-order valence-electron chi connectivity index (χ0n) is 10.8. The highest BCUT2D eigenvalue weighted by Gasteiger charge is 2.20. The molecule has 1 aliphatic rings. The summed E-state index contributed by atoms with van der Waals surface area (Å²) in [6.07, 6.45) is 1.36. The van der Waals surface area contributed by atoms with E-state index in [4.69, 9.17) is 4.74 Å². The molecule has 0 radical (unpaired) electrons. The average Bonchev–Trinajstić information content (AvgIpc) is 2.53. The van der Waals surface area contributed by atoms with Gasteiger partial charge in [0.1, 0.15) is 0 Å². The molecular formula is C15H18O3. The molecule has 0 fully saturated rings. The number of hydrogen-bond donors (Lipinski definition) is 1. The Bertz CT molecular complexity index is 500. The lowest BCUT2D eigenvalue weighted by atomic mass is 9.90. The van der Waals surface area contributed by atoms with Crippen LogP contribution in [-0.4, -0.2) is 24.3 Å².